The second kappa shape index (κ2) is 5.12. The van der Waals surface area contributed by atoms with Crippen molar-refractivity contribution in [3.05, 3.63) is 23.4 Å². The molecule has 1 aromatic heterocycles. The molecule has 0 radical (unpaired) electrons. The number of ether oxygens (including phenoxy) is 1. The van der Waals surface area contributed by atoms with E-state index in [1.807, 2.05) is 6.07 Å². The van der Waals surface area contributed by atoms with Gasteiger partial charge in [0.05, 0.1) is 0 Å². The summed E-state index contributed by atoms with van der Waals surface area (Å²) in [5, 5.41) is 3.22. The Hall–Kier alpha value is -1.09. The van der Waals surface area contributed by atoms with Gasteiger partial charge in [-0.3, -0.25) is 0 Å². The van der Waals surface area contributed by atoms with E-state index in [0.29, 0.717) is 6.61 Å². The molecule has 0 saturated heterocycles. The monoisotopic (exact) mass is 206 g/mol. The van der Waals surface area contributed by atoms with Crippen molar-refractivity contribution in [2.75, 3.05) is 19.7 Å². The lowest BCUT2D eigenvalue weighted by Gasteiger charge is -2.07. The predicted octanol–water partition coefficient (Wildman–Crippen LogP) is 1.56. The summed E-state index contributed by atoms with van der Waals surface area (Å²) in [5.41, 5.74) is 2.63. The van der Waals surface area contributed by atoms with Gasteiger partial charge < -0.3 is 10.1 Å². The van der Waals surface area contributed by atoms with Crippen molar-refractivity contribution in [3.63, 3.8) is 0 Å². The van der Waals surface area contributed by atoms with Crippen molar-refractivity contribution >= 4 is 0 Å². The van der Waals surface area contributed by atoms with Gasteiger partial charge in [-0.2, -0.15) is 0 Å². The fourth-order valence-electron chi connectivity index (χ4n) is 1.89. The lowest BCUT2D eigenvalue weighted by molar-refractivity contribution is 0.303. The highest BCUT2D eigenvalue weighted by Gasteiger charge is 2.12. The zero-order valence-corrected chi connectivity index (χ0v) is 9.25. The van der Waals surface area contributed by atoms with Crippen LogP contribution in [-0.4, -0.2) is 24.7 Å². The third-order valence-electron chi connectivity index (χ3n) is 2.68. The van der Waals surface area contributed by atoms with Crippen LogP contribution in [0.2, 0.25) is 0 Å². The van der Waals surface area contributed by atoms with Gasteiger partial charge in [-0.1, -0.05) is 13.0 Å². The molecule has 15 heavy (non-hydrogen) atoms. The number of nitrogens with one attached hydrogen (secondary N) is 1. The van der Waals surface area contributed by atoms with Gasteiger partial charge in [0, 0.05) is 18.3 Å². The van der Waals surface area contributed by atoms with Gasteiger partial charge >= 0.3 is 0 Å². The van der Waals surface area contributed by atoms with E-state index in [4.69, 9.17) is 4.74 Å². The second-order valence-corrected chi connectivity index (χ2v) is 3.81. The lowest BCUT2D eigenvalue weighted by Crippen LogP contribution is -2.20. The zero-order valence-electron chi connectivity index (χ0n) is 9.25. The molecule has 0 bridgehead atoms. The van der Waals surface area contributed by atoms with E-state index in [0.717, 1.165) is 25.4 Å². The maximum Gasteiger partial charge on any atom is 0.213 e. The lowest BCUT2D eigenvalue weighted by atomic mass is 10.2. The van der Waals surface area contributed by atoms with E-state index in [2.05, 4.69) is 23.3 Å². The van der Waals surface area contributed by atoms with Gasteiger partial charge in [-0.25, -0.2) is 4.98 Å². The molecule has 0 spiro atoms. The normalized spacial score (nSPS) is 13.9. The predicted molar refractivity (Wildman–Crippen MR) is 60.3 cm³/mol. The molecule has 0 aromatic carbocycles. The van der Waals surface area contributed by atoms with Crippen LogP contribution in [0.5, 0.6) is 5.88 Å². The Morgan fingerprint density at radius 3 is 3.20 bits per heavy atom. The summed E-state index contributed by atoms with van der Waals surface area (Å²) in [6, 6.07) is 4.13. The van der Waals surface area contributed by atoms with Gasteiger partial charge in [0.25, 0.3) is 0 Å². The summed E-state index contributed by atoms with van der Waals surface area (Å²) in [5.74, 6) is 0.772. The van der Waals surface area contributed by atoms with E-state index in [1.54, 1.807) is 0 Å². The van der Waals surface area contributed by atoms with Crippen LogP contribution in [0.25, 0.3) is 0 Å². The minimum Gasteiger partial charge on any atom is -0.476 e. The van der Waals surface area contributed by atoms with Crippen molar-refractivity contribution in [2.45, 2.75) is 26.2 Å². The molecule has 0 saturated carbocycles. The Kier molecular flexibility index (Phi) is 3.56. The van der Waals surface area contributed by atoms with Gasteiger partial charge in [0.15, 0.2) is 0 Å². The summed E-state index contributed by atoms with van der Waals surface area (Å²) < 4.78 is 5.56. The molecule has 3 heteroatoms. The number of hydrogen-bond acceptors (Lipinski definition) is 3. The third kappa shape index (κ3) is 2.69. The molecule has 82 valence electrons. The number of fused-ring (bicyclic) bond motifs is 1. The molecule has 0 aliphatic heterocycles. The van der Waals surface area contributed by atoms with Crippen molar-refractivity contribution in [1.29, 1.82) is 0 Å². The van der Waals surface area contributed by atoms with Crippen LogP contribution in [0.1, 0.15) is 24.6 Å². The first-order chi connectivity index (χ1) is 7.40. The molecule has 0 fully saturated rings. The largest absolute Gasteiger partial charge is 0.476 e. The van der Waals surface area contributed by atoms with Crippen LogP contribution in [0.15, 0.2) is 12.1 Å². The highest BCUT2D eigenvalue weighted by atomic mass is 16.5. The third-order valence-corrected chi connectivity index (χ3v) is 2.68. The minimum atomic E-state index is 0.694. The quantitative estimate of drug-likeness (QED) is 0.742. The number of aryl methyl sites for hydroxylation is 2. The molecule has 3 nitrogen and oxygen atoms in total. The number of aromatic nitrogens is 1. The number of rotatable bonds is 5. The first-order valence-electron chi connectivity index (χ1n) is 5.72. The first-order valence-corrected chi connectivity index (χ1v) is 5.72. The molecule has 0 atom stereocenters. The number of hydrogen-bond donors (Lipinski definition) is 1. The fraction of sp³-hybridized carbons (Fsp3) is 0.583. The molecule has 1 N–H and O–H groups in total. The van der Waals surface area contributed by atoms with Gasteiger partial charge in [-0.05, 0) is 31.4 Å². The second-order valence-electron chi connectivity index (χ2n) is 3.81. The molecule has 2 rings (SSSR count). The van der Waals surface area contributed by atoms with Crippen molar-refractivity contribution in [1.82, 2.24) is 10.3 Å². The smallest absolute Gasteiger partial charge is 0.213 e. The van der Waals surface area contributed by atoms with Gasteiger partial charge in [0.1, 0.15) is 6.61 Å². The van der Waals surface area contributed by atoms with E-state index >= 15 is 0 Å². The highest BCUT2D eigenvalue weighted by molar-refractivity contribution is 5.29. The summed E-state index contributed by atoms with van der Waals surface area (Å²) in [7, 11) is 0. The number of likely N-dealkylation sites (N-methyl/N-ethyl adjacent to an activating group) is 1. The summed E-state index contributed by atoms with van der Waals surface area (Å²) in [6.07, 6.45) is 3.53. The first kappa shape index (κ1) is 10.4. The van der Waals surface area contributed by atoms with E-state index in [9.17, 15) is 0 Å². The Morgan fingerprint density at radius 2 is 2.33 bits per heavy atom. The average molecular weight is 206 g/mol. The maximum absolute atomic E-state index is 5.56. The molecular weight excluding hydrogens is 188 g/mol. The summed E-state index contributed by atoms with van der Waals surface area (Å²) in [4.78, 5) is 4.50. The molecule has 1 aliphatic rings. The zero-order chi connectivity index (χ0) is 10.5. The van der Waals surface area contributed by atoms with Crippen molar-refractivity contribution in [3.8, 4) is 5.88 Å². The molecule has 1 heterocycles. The standard InChI is InChI=1S/C12H18N2O/c1-2-13-8-9-15-12-7-6-10-4-3-5-11(10)14-12/h6-7,13H,2-5,8-9H2,1H3. The number of nitrogens with zero attached hydrogens (tertiary/aromatic N) is 1. The van der Waals surface area contributed by atoms with Gasteiger partial charge in [0.2, 0.25) is 5.88 Å². The molecule has 0 amide bonds. The van der Waals surface area contributed by atoms with E-state index < -0.39 is 0 Å². The van der Waals surface area contributed by atoms with Crippen LogP contribution in [0.4, 0.5) is 0 Å². The van der Waals surface area contributed by atoms with Crippen molar-refractivity contribution < 1.29 is 4.74 Å². The fourth-order valence-corrected chi connectivity index (χ4v) is 1.89. The Bertz CT molecular complexity index is 325. The topological polar surface area (TPSA) is 34.1 Å². The van der Waals surface area contributed by atoms with Crippen LogP contribution in [-0.2, 0) is 12.8 Å². The average Bonchev–Trinajstić information content (AvgIpc) is 2.71. The summed E-state index contributed by atoms with van der Waals surface area (Å²) >= 11 is 0. The van der Waals surface area contributed by atoms with Crippen molar-refractivity contribution in [2.24, 2.45) is 0 Å². The van der Waals surface area contributed by atoms with Gasteiger partial charge in [-0.15, -0.1) is 0 Å². The van der Waals surface area contributed by atoms with Crippen LogP contribution >= 0.6 is 0 Å². The summed E-state index contributed by atoms with van der Waals surface area (Å²) in [6.45, 7) is 4.66. The molecular formula is C12H18N2O. The van der Waals surface area contributed by atoms with E-state index in [1.165, 1.54) is 24.1 Å². The maximum atomic E-state index is 5.56. The molecule has 1 aliphatic carbocycles. The highest BCUT2D eigenvalue weighted by Crippen LogP contribution is 2.22. The van der Waals surface area contributed by atoms with Crippen LogP contribution in [0.3, 0.4) is 0 Å². The molecule has 0 unspecified atom stereocenters. The Morgan fingerprint density at radius 1 is 1.40 bits per heavy atom. The number of pyridine rings is 1. The Balaban J connectivity index is 1.87. The minimum absolute atomic E-state index is 0.694. The van der Waals surface area contributed by atoms with E-state index in [-0.39, 0.29) is 0 Å². The van der Waals surface area contributed by atoms with Crippen LogP contribution in [0, 0.1) is 0 Å². The molecule has 1 aromatic rings. The Labute approximate surface area is 90.9 Å². The van der Waals surface area contributed by atoms with Crippen LogP contribution < -0.4 is 10.1 Å². The SMILES string of the molecule is CCNCCOc1ccc2c(n1)CCC2.